The smallest absolute Gasteiger partial charge is 0.142 e. The fourth-order valence-corrected chi connectivity index (χ4v) is 2.45. The van der Waals surface area contributed by atoms with Gasteiger partial charge in [-0.2, -0.15) is 0 Å². The molecule has 0 radical (unpaired) electrons. The molecule has 0 unspecified atom stereocenters. The lowest BCUT2D eigenvalue weighted by molar-refractivity contribution is 0.417. The van der Waals surface area contributed by atoms with Crippen LogP contribution in [0.25, 0.3) is 11.1 Å². The second kappa shape index (κ2) is 3.42. The average Bonchev–Trinajstić information content (AvgIpc) is 2.63. The molecular weight excluding hydrogens is 212 g/mol. The molecule has 2 aromatic carbocycles. The largest absolute Gasteiger partial charge is 0.495 e. The van der Waals surface area contributed by atoms with Crippen molar-refractivity contribution >= 4 is 11.4 Å². The van der Waals surface area contributed by atoms with E-state index in [0.29, 0.717) is 5.69 Å². The molecule has 0 aliphatic heterocycles. The van der Waals surface area contributed by atoms with Gasteiger partial charge >= 0.3 is 0 Å². The summed E-state index contributed by atoms with van der Waals surface area (Å²) in [4.78, 5) is 0. The van der Waals surface area contributed by atoms with Gasteiger partial charge in [-0.1, -0.05) is 6.07 Å². The van der Waals surface area contributed by atoms with E-state index in [0.717, 1.165) is 17.9 Å². The highest BCUT2D eigenvalue weighted by molar-refractivity contribution is 5.81. The Morgan fingerprint density at radius 2 is 1.76 bits per heavy atom. The van der Waals surface area contributed by atoms with E-state index in [4.69, 9.17) is 16.2 Å². The van der Waals surface area contributed by atoms with Crippen LogP contribution < -0.4 is 16.2 Å². The van der Waals surface area contributed by atoms with Crippen molar-refractivity contribution in [3.8, 4) is 16.9 Å². The molecule has 3 heteroatoms. The van der Waals surface area contributed by atoms with Gasteiger partial charge in [-0.15, -0.1) is 0 Å². The zero-order valence-electron chi connectivity index (χ0n) is 9.66. The van der Waals surface area contributed by atoms with Crippen molar-refractivity contribution in [1.82, 2.24) is 0 Å². The summed E-state index contributed by atoms with van der Waals surface area (Å²) in [5.41, 5.74) is 18.1. The third-order valence-corrected chi connectivity index (χ3v) is 3.26. The number of anilines is 2. The van der Waals surface area contributed by atoms with Gasteiger partial charge in [0.25, 0.3) is 0 Å². The summed E-state index contributed by atoms with van der Waals surface area (Å²) in [6.45, 7) is 0. The highest BCUT2D eigenvalue weighted by atomic mass is 16.5. The first-order valence-electron chi connectivity index (χ1n) is 5.54. The van der Waals surface area contributed by atoms with E-state index in [-0.39, 0.29) is 0 Å². The number of rotatable bonds is 1. The van der Waals surface area contributed by atoms with Crippen LogP contribution in [0.1, 0.15) is 11.1 Å². The zero-order valence-corrected chi connectivity index (χ0v) is 9.66. The molecule has 1 aliphatic carbocycles. The number of nitrogen functional groups attached to an aromatic ring is 2. The lowest BCUT2D eigenvalue weighted by Gasteiger charge is -2.08. The number of hydrogen-bond acceptors (Lipinski definition) is 3. The highest BCUT2D eigenvalue weighted by Crippen LogP contribution is 2.41. The molecule has 0 saturated heterocycles. The van der Waals surface area contributed by atoms with Gasteiger partial charge in [-0.05, 0) is 52.9 Å². The molecule has 2 aromatic rings. The molecule has 0 atom stereocenters. The van der Waals surface area contributed by atoms with Crippen LogP contribution in [0.15, 0.2) is 30.3 Å². The van der Waals surface area contributed by atoms with Gasteiger partial charge in [0, 0.05) is 5.69 Å². The summed E-state index contributed by atoms with van der Waals surface area (Å²) < 4.78 is 5.26. The summed E-state index contributed by atoms with van der Waals surface area (Å²) in [6, 6.07) is 10.0. The minimum Gasteiger partial charge on any atom is -0.495 e. The lowest BCUT2D eigenvalue weighted by atomic mass is 10.0. The van der Waals surface area contributed by atoms with Gasteiger partial charge in [-0.25, -0.2) is 0 Å². The van der Waals surface area contributed by atoms with Crippen molar-refractivity contribution in [3.05, 3.63) is 41.5 Å². The molecular formula is C14H14N2O. The van der Waals surface area contributed by atoms with Crippen molar-refractivity contribution in [2.24, 2.45) is 0 Å². The molecule has 0 saturated carbocycles. The Balaban J connectivity index is 2.21. The van der Waals surface area contributed by atoms with Crippen LogP contribution in [-0.4, -0.2) is 7.11 Å². The fourth-order valence-electron chi connectivity index (χ4n) is 2.45. The molecule has 3 nitrogen and oxygen atoms in total. The first-order chi connectivity index (χ1) is 8.19. The van der Waals surface area contributed by atoms with E-state index in [1.807, 2.05) is 24.3 Å². The normalized spacial score (nSPS) is 12.1. The van der Waals surface area contributed by atoms with Crippen molar-refractivity contribution in [1.29, 1.82) is 0 Å². The van der Waals surface area contributed by atoms with E-state index < -0.39 is 0 Å². The van der Waals surface area contributed by atoms with Gasteiger partial charge < -0.3 is 16.2 Å². The van der Waals surface area contributed by atoms with Crippen molar-refractivity contribution in [2.75, 3.05) is 18.6 Å². The predicted molar refractivity (Wildman–Crippen MR) is 70.1 cm³/mol. The van der Waals surface area contributed by atoms with Crippen LogP contribution in [-0.2, 0) is 6.42 Å². The van der Waals surface area contributed by atoms with Crippen LogP contribution in [0.5, 0.6) is 5.75 Å². The lowest BCUT2D eigenvalue weighted by Crippen LogP contribution is -1.94. The average molecular weight is 226 g/mol. The summed E-state index contributed by atoms with van der Waals surface area (Å²) in [7, 11) is 1.64. The molecule has 0 bridgehead atoms. The van der Waals surface area contributed by atoms with Gasteiger partial charge in [0.05, 0.1) is 12.8 Å². The predicted octanol–water partition coefficient (Wildman–Crippen LogP) is 2.43. The minimum absolute atomic E-state index is 0.687. The molecule has 1 aliphatic rings. The highest BCUT2D eigenvalue weighted by Gasteiger charge is 2.20. The maximum Gasteiger partial charge on any atom is 0.142 e. The monoisotopic (exact) mass is 226 g/mol. The summed E-state index contributed by atoms with van der Waals surface area (Å²) in [6.07, 6.45) is 0.893. The van der Waals surface area contributed by atoms with Crippen molar-refractivity contribution < 1.29 is 4.74 Å². The third-order valence-electron chi connectivity index (χ3n) is 3.26. The van der Waals surface area contributed by atoms with Crippen molar-refractivity contribution in [3.63, 3.8) is 0 Å². The SMILES string of the molecule is COc1cc2c(cc1N)Cc1cc(N)ccc1-2. The third kappa shape index (κ3) is 1.43. The maximum atomic E-state index is 5.92. The van der Waals surface area contributed by atoms with Crippen LogP contribution in [0.2, 0.25) is 0 Å². The van der Waals surface area contributed by atoms with E-state index >= 15 is 0 Å². The second-order valence-electron chi connectivity index (χ2n) is 4.34. The molecule has 17 heavy (non-hydrogen) atoms. The van der Waals surface area contributed by atoms with Gasteiger partial charge in [0.1, 0.15) is 5.75 Å². The van der Waals surface area contributed by atoms with Crippen LogP contribution in [0, 0.1) is 0 Å². The molecule has 3 rings (SSSR count). The second-order valence-corrected chi connectivity index (χ2v) is 4.34. The van der Waals surface area contributed by atoms with E-state index in [2.05, 4.69) is 6.07 Å². The summed E-state index contributed by atoms with van der Waals surface area (Å²) in [5.74, 6) is 0.730. The Bertz CT molecular complexity index is 605. The fraction of sp³-hybridized carbons (Fsp3) is 0.143. The van der Waals surface area contributed by atoms with E-state index in [1.165, 1.54) is 22.3 Å². The van der Waals surface area contributed by atoms with Crippen LogP contribution in [0.4, 0.5) is 11.4 Å². The Morgan fingerprint density at radius 3 is 2.53 bits per heavy atom. The first kappa shape index (κ1) is 10.0. The van der Waals surface area contributed by atoms with Crippen LogP contribution >= 0.6 is 0 Å². The van der Waals surface area contributed by atoms with Gasteiger partial charge in [-0.3, -0.25) is 0 Å². The zero-order chi connectivity index (χ0) is 12.0. The van der Waals surface area contributed by atoms with E-state index in [9.17, 15) is 0 Å². The molecule has 86 valence electrons. The number of benzene rings is 2. The molecule has 0 aromatic heterocycles. The van der Waals surface area contributed by atoms with Gasteiger partial charge in [0.2, 0.25) is 0 Å². The van der Waals surface area contributed by atoms with Crippen LogP contribution in [0.3, 0.4) is 0 Å². The molecule has 4 N–H and O–H groups in total. The Kier molecular flexibility index (Phi) is 2.01. The molecule has 0 fully saturated rings. The quantitative estimate of drug-likeness (QED) is 0.626. The van der Waals surface area contributed by atoms with E-state index in [1.54, 1.807) is 7.11 Å². The topological polar surface area (TPSA) is 61.3 Å². The standard InChI is InChI=1S/C14H14N2O/c1-17-14-7-12-9(6-13(14)16)4-8-5-10(15)2-3-11(8)12/h2-3,5-7H,4,15-16H2,1H3. The number of ether oxygens (including phenoxy) is 1. The Morgan fingerprint density at radius 1 is 1.00 bits per heavy atom. The van der Waals surface area contributed by atoms with Gasteiger partial charge in [0.15, 0.2) is 0 Å². The number of hydrogen-bond donors (Lipinski definition) is 2. The molecule has 0 spiro atoms. The summed E-state index contributed by atoms with van der Waals surface area (Å²) >= 11 is 0. The number of fused-ring (bicyclic) bond motifs is 3. The minimum atomic E-state index is 0.687. The first-order valence-corrected chi connectivity index (χ1v) is 5.54. The Labute approximate surface area is 100 Å². The number of nitrogens with two attached hydrogens (primary N) is 2. The van der Waals surface area contributed by atoms with Crippen molar-refractivity contribution in [2.45, 2.75) is 6.42 Å². The molecule has 0 heterocycles. The molecule has 0 amide bonds. The maximum absolute atomic E-state index is 5.92. The number of methoxy groups -OCH3 is 1. The Hall–Kier alpha value is -2.16. The summed E-state index contributed by atoms with van der Waals surface area (Å²) in [5, 5.41) is 0.